The zero-order valence-corrected chi connectivity index (χ0v) is 21.7. The van der Waals surface area contributed by atoms with E-state index in [1.807, 2.05) is 74.2 Å². The number of hydrogen-bond acceptors (Lipinski definition) is 5. The number of carbonyl (C=O) groups is 1. The SMILES string of the molecule is COc1cc(NC(C)CCCN(Cc2ccccc2OC)C(=O)NC(C)(C)C)c2ncccc2c1. The highest BCUT2D eigenvalue weighted by molar-refractivity contribution is 5.91. The highest BCUT2D eigenvalue weighted by atomic mass is 16.5. The molecule has 3 rings (SSSR count). The van der Waals surface area contributed by atoms with Crippen LogP contribution in [0.25, 0.3) is 10.9 Å². The normalized spacial score (nSPS) is 12.2. The lowest BCUT2D eigenvalue weighted by atomic mass is 10.1. The average Bonchev–Trinajstić information content (AvgIpc) is 2.82. The number of rotatable bonds is 10. The monoisotopic (exact) mass is 478 g/mol. The topological polar surface area (TPSA) is 75.7 Å². The molecule has 0 radical (unpaired) electrons. The fraction of sp³-hybridized carbons (Fsp3) is 0.429. The molecule has 3 aromatic rings. The van der Waals surface area contributed by atoms with Gasteiger partial charge in [-0.25, -0.2) is 4.79 Å². The smallest absolute Gasteiger partial charge is 0.318 e. The number of ether oxygens (including phenoxy) is 2. The molecule has 7 nitrogen and oxygen atoms in total. The summed E-state index contributed by atoms with van der Waals surface area (Å²) in [5.41, 5.74) is 2.54. The molecule has 1 aromatic heterocycles. The van der Waals surface area contributed by atoms with Crippen molar-refractivity contribution in [3.8, 4) is 11.5 Å². The van der Waals surface area contributed by atoms with Gasteiger partial charge in [-0.1, -0.05) is 24.3 Å². The summed E-state index contributed by atoms with van der Waals surface area (Å²) < 4.78 is 11.0. The number of carbonyl (C=O) groups excluding carboxylic acids is 1. The molecule has 0 fully saturated rings. The molecule has 0 bridgehead atoms. The molecule has 7 heteroatoms. The lowest BCUT2D eigenvalue weighted by molar-refractivity contribution is 0.184. The number of para-hydroxylation sites is 1. The van der Waals surface area contributed by atoms with Crippen molar-refractivity contribution in [3.05, 3.63) is 60.3 Å². The summed E-state index contributed by atoms with van der Waals surface area (Å²) in [6, 6.07) is 15.9. The predicted molar refractivity (Wildman–Crippen MR) is 142 cm³/mol. The van der Waals surface area contributed by atoms with Gasteiger partial charge in [0.2, 0.25) is 0 Å². The Morgan fingerprint density at radius 3 is 2.57 bits per heavy atom. The van der Waals surface area contributed by atoms with Crippen LogP contribution in [0.2, 0.25) is 0 Å². The van der Waals surface area contributed by atoms with Gasteiger partial charge in [0.15, 0.2) is 0 Å². The summed E-state index contributed by atoms with van der Waals surface area (Å²) >= 11 is 0. The number of aromatic nitrogens is 1. The van der Waals surface area contributed by atoms with Crippen molar-refractivity contribution in [3.63, 3.8) is 0 Å². The van der Waals surface area contributed by atoms with E-state index in [-0.39, 0.29) is 17.6 Å². The summed E-state index contributed by atoms with van der Waals surface area (Å²) in [5, 5.41) is 7.71. The molecule has 0 spiro atoms. The second kappa shape index (κ2) is 11.8. The van der Waals surface area contributed by atoms with Crippen LogP contribution < -0.4 is 20.1 Å². The van der Waals surface area contributed by atoms with Gasteiger partial charge in [0.25, 0.3) is 0 Å². The summed E-state index contributed by atoms with van der Waals surface area (Å²) in [6.07, 6.45) is 3.53. The number of methoxy groups -OCH3 is 2. The van der Waals surface area contributed by atoms with E-state index >= 15 is 0 Å². The Morgan fingerprint density at radius 1 is 1.09 bits per heavy atom. The average molecular weight is 479 g/mol. The maximum absolute atomic E-state index is 13.1. The van der Waals surface area contributed by atoms with Crippen molar-refractivity contribution in [1.82, 2.24) is 15.2 Å². The molecule has 1 unspecified atom stereocenters. The first-order valence-electron chi connectivity index (χ1n) is 12.1. The van der Waals surface area contributed by atoms with Gasteiger partial charge >= 0.3 is 6.03 Å². The number of nitrogens with one attached hydrogen (secondary N) is 2. The maximum atomic E-state index is 13.1. The predicted octanol–water partition coefficient (Wildman–Crippen LogP) is 5.84. The van der Waals surface area contributed by atoms with Gasteiger partial charge in [0.1, 0.15) is 11.5 Å². The number of hydrogen-bond donors (Lipinski definition) is 2. The molecule has 2 N–H and O–H groups in total. The number of benzene rings is 2. The number of nitrogens with zero attached hydrogens (tertiary/aromatic N) is 2. The Morgan fingerprint density at radius 2 is 1.86 bits per heavy atom. The first-order valence-corrected chi connectivity index (χ1v) is 12.1. The second-order valence-electron chi connectivity index (χ2n) is 9.85. The van der Waals surface area contributed by atoms with E-state index < -0.39 is 0 Å². The largest absolute Gasteiger partial charge is 0.497 e. The first kappa shape index (κ1) is 26.1. The van der Waals surface area contributed by atoms with Crippen molar-refractivity contribution in [1.29, 1.82) is 0 Å². The van der Waals surface area contributed by atoms with Gasteiger partial charge in [-0.3, -0.25) is 4.98 Å². The van der Waals surface area contributed by atoms with Crippen LogP contribution in [0.3, 0.4) is 0 Å². The fourth-order valence-corrected chi connectivity index (χ4v) is 4.01. The highest BCUT2D eigenvalue weighted by Gasteiger charge is 2.21. The minimum Gasteiger partial charge on any atom is -0.497 e. The molecule has 0 aliphatic heterocycles. The molecular formula is C28H38N4O3. The molecule has 1 atom stereocenters. The number of pyridine rings is 1. The van der Waals surface area contributed by atoms with Crippen LogP contribution in [0, 0.1) is 0 Å². The minimum atomic E-state index is -0.314. The zero-order chi connectivity index (χ0) is 25.4. The molecule has 2 aromatic carbocycles. The number of amides is 2. The molecule has 1 heterocycles. The highest BCUT2D eigenvalue weighted by Crippen LogP contribution is 2.28. The van der Waals surface area contributed by atoms with Crippen LogP contribution in [0.15, 0.2) is 54.7 Å². The third-order valence-electron chi connectivity index (χ3n) is 5.70. The molecule has 0 aliphatic rings. The molecule has 188 valence electrons. The molecule has 0 aliphatic carbocycles. The van der Waals surface area contributed by atoms with Crippen molar-refractivity contribution < 1.29 is 14.3 Å². The van der Waals surface area contributed by atoms with Gasteiger partial charge in [-0.2, -0.15) is 0 Å². The lowest BCUT2D eigenvalue weighted by Crippen LogP contribution is -2.48. The summed E-state index contributed by atoms with van der Waals surface area (Å²) in [7, 11) is 3.33. The third kappa shape index (κ3) is 7.50. The minimum absolute atomic E-state index is 0.0768. The third-order valence-corrected chi connectivity index (χ3v) is 5.70. The van der Waals surface area contributed by atoms with Crippen molar-refractivity contribution in [2.24, 2.45) is 0 Å². The Kier molecular flexibility index (Phi) is 8.79. The summed E-state index contributed by atoms with van der Waals surface area (Å²) in [6.45, 7) is 9.23. The number of urea groups is 1. The molecular weight excluding hydrogens is 440 g/mol. The number of anilines is 1. The molecule has 2 amide bonds. The Hall–Kier alpha value is -3.48. The Bertz CT molecular complexity index is 1130. The standard InChI is InChI=1S/C28H38N4O3/c1-20(30-24-18-23(34-5)17-21-13-9-15-29-26(21)24)11-10-16-32(27(33)31-28(2,3)4)19-22-12-7-8-14-25(22)35-6/h7-9,12-15,17-18,20,30H,10-11,16,19H2,1-6H3,(H,31,33). The lowest BCUT2D eigenvalue weighted by Gasteiger charge is -2.29. The quantitative estimate of drug-likeness (QED) is 0.383. The second-order valence-corrected chi connectivity index (χ2v) is 9.85. The van der Waals surface area contributed by atoms with E-state index in [4.69, 9.17) is 9.47 Å². The Balaban J connectivity index is 1.67. The first-order chi connectivity index (χ1) is 16.7. The van der Waals surface area contributed by atoms with Crippen LogP contribution in [0.5, 0.6) is 11.5 Å². The summed E-state index contributed by atoms with van der Waals surface area (Å²) in [5.74, 6) is 1.58. The van der Waals surface area contributed by atoms with Crippen molar-refractivity contribution in [2.45, 2.75) is 58.7 Å². The van der Waals surface area contributed by atoms with Crippen LogP contribution in [-0.4, -0.2) is 48.3 Å². The van der Waals surface area contributed by atoms with E-state index in [2.05, 4.69) is 22.5 Å². The van der Waals surface area contributed by atoms with Gasteiger partial charge < -0.3 is 25.0 Å². The Labute approximate surface area is 208 Å². The van der Waals surface area contributed by atoms with E-state index in [1.54, 1.807) is 20.4 Å². The van der Waals surface area contributed by atoms with E-state index in [9.17, 15) is 4.79 Å². The fourth-order valence-electron chi connectivity index (χ4n) is 4.01. The molecule has 35 heavy (non-hydrogen) atoms. The maximum Gasteiger partial charge on any atom is 0.318 e. The van der Waals surface area contributed by atoms with Crippen LogP contribution in [0.4, 0.5) is 10.5 Å². The van der Waals surface area contributed by atoms with Crippen molar-refractivity contribution in [2.75, 3.05) is 26.1 Å². The van der Waals surface area contributed by atoms with E-state index in [0.717, 1.165) is 46.5 Å². The van der Waals surface area contributed by atoms with Gasteiger partial charge in [0, 0.05) is 41.3 Å². The van der Waals surface area contributed by atoms with Crippen LogP contribution in [-0.2, 0) is 6.54 Å². The van der Waals surface area contributed by atoms with Gasteiger partial charge in [-0.15, -0.1) is 0 Å². The molecule has 0 saturated heterocycles. The van der Waals surface area contributed by atoms with Crippen molar-refractivity contribution >= 4 is 22.6 Å². The zero-order valence-electron chi connectivity index (χ0n) is 21.7. The van der Waals surface area contributed by atoms with Gasteiger partial charge in [0.05, 0.1) is 32.0 Å². The van der Waals surface area contributed by atoms with Crippen LogP contribution in [0.1, 0.15) is 46.1 Å². The van der Waals surface area contributed by atoms with E-state index in [0.29, 0.717) is 13.1 Å². The summed E-state index contributed by atoms with van der Waals surface area (Å²) in [4.78, 5) is 19.5. The number of fused-ring (bicyclic) bond motifs is 1. The van der Waals surface area contributed by atoms with Crippen LogP contribution >= 0.6 is 0 Å². The molecule has 0 saturated carbocycles. The van der Waals surface area contributed by atoms with Gasteiger partial charge in [-0.05, 0) is 58.7 Å². The van der Waals surface area contributed by atoms with E-state index in [1.165, 1.54) is 0 Å².